The van der Waals surface area contributed by atoms with Gasteiger partial charge in [-0.05, 0) is 31.4 Å². The van der Waals surface area contributed by atoms with Gasteiger partial charge in [0.15, 0.2) is 0 Å². The second-order valence-corrected chi connectivity index (χ2v) is 8.34. The van der Waals surface area contributed by atoms with Crippen LogP contribution in [0.3, 0.4) is 0 Å². The van der Waals surface area contributed by atoms with Crippen LogP contribution >= 0.6 is 11.8 Å². The number of carbonyl (C=O) groups is 1. The Morgan fingerprint density at radius 3 is 2.62 bits per heavy atom. The minimum atomic E-state index is -0.108. The Labute approximate surface area is 148 Å². The van der Waals surface area contributed by atoms with Crippen LogP contribution in [0.5, 0.6) is 0 Å². The van der Waals surface area contributed by atoms with E-state index < -0.39 is 0 Å². The van der Waals surface area contributed by atoms with E-state index in [9.17, 15) is 4.79 Å². The van der Waals surface area contributed by atoms with Gasteiger partial charge in [-0.3, -0.25) is 0 Å². The molecule has 4 nitrogen and oxygen atoms in total. The fourth-order valence-electron chi connectivity index (χ4n) is 3.55. The maximum Gasteiger partial charge on any atom is 0.315 e. The smallest absolute Gasteiger partial charge is 0.315 e. The van der Waals surface area contributed by atoms with Crippen molar-refractivity contribution in [3.05, 3.63) is 42.5 Å². The van der Waals surface area contributed by atoms with Gasteiger partial charge in [0.1, 0.15) is 0 Å². The fraction of sp³-hybridized carbons (Fsp3) is 0.526. The van der Waals surface area contributed by atoms with Crippen molar-refractivity contribution >= 4 is 17.8 Å². The molecule has 0 bridgehead atoms. The van der Waals surface area contributed by atoms with Gasteiger partial charge in [0, 0.05) is 34.8 Å². The minimum absolute atomic E-state index is 0.0310. The summed E-state index contributed by atoms with van der Waals surface area (Å²) in [5, 5.41) is 15.2. The number of aliphatic hydroxyl groups is 1. The first kappa shape index (κ1) is 17.4. The van der Waals surface area contributed by atoms with Crippen LogP contribution in [0.2, 0.25) is 0 Å². The molecule has 3 rings (SSSR count). The Hall–Kier alpha value is -1.46. The zero-order chi connectivity index (χ0) is 16.8. The largest absolute Gasteiger partial charge is 0.396 e. The van der Waals surface area contributed by atoms with Crippen LogP contribution in [-0.2, 0) is 0 Å². The molecule has 1 aromatic carbocycles. The molecule has 0 unspecified atom stereocenters. The highest BCUT2D eigenvalue weighted by atomic mass is 32.2. The minimum Gasteiger partial charge on any atom is -0.396 e. The van der Waals surface area contributed by atoms with Gasteiger partial charge in [0.05, 0.1) is 0 Å². The number of rotatable bonds is 6. The van der Waals surface area contributed by atoms with Crippen LogP contribution in [0.25, 0.3) is 0 Å². The zero-order valence-corrected chi connectivity index (χ0v) is 14.7. The van der Waals surface area contributed by atoms with Gasteiger partial charge in [-0.1, -0.05) is 43.2 Å². The number of amides is 2. The van der Waals surface area contributed by atoms with Crippen molar-refractivity contribution in [1.29, 1.82) is 0 Å². The maximum atomic E-state index is 12.2. The average molecular weight is 346 g/mol. The lowest BCUT2D eigenvalue weighted by Crippen LogP contribution is -2.46. The van der Waals surface area contributed by atoms with Gasteiger partial charge in [0.2, 0.25) is 0 Å². The SMILES string of the molecule is O=C(NCC1(Sc2ccccc2)CCCC1)N[C@@H]1C=C[C@H](CO)C1. The molecule has 2 aliphatic rings. The fourth-order valence-corrected chi connectivity index (χ4v) is 4.98. The van der Waals surface area contributed by atoms with Gasteiger partial charge < -0.3 is 15.7 Å². The third-order valence-electron chi connectivity index (χ3n) is 4.89. The van der Waals surface area contributed by atoms with Crippen molar-refractivity contribution in [3.63, 3.8) is 0 Å². The van der Waals surface area contributed by atoms with Gasteiger partial charge >= 0.3 is 6.03 Å². The lowest BCUT2D eigenvalue weighted by atomic mass is 10.1. The molecule has 0 aromatic heterocycles. The molecule has 2 atom stereocenters. The molecule has 0 heterocycles. The first-order chi connectivity index (χ1) is 11.7. The molecule has 3 N–H and O–H groups in total. The van der Waals surface area contributed by atoms with E-state index in [4.69, 9.17) is 5.11 Å². The van der Waals surface area contributed by atoms with Crippen molar-refractivity contribution in [2.75, 3.05) is 13.2 Å². The summed E-state index contributed by atoms with van der Waals surface area (Å²) >= 11 is 1.90. The number of benzene rings is 1. The number of carbonyl (C=O) groups excluding carboxylic acids is 1. The van der Waals surface area contributed by atoms with Crippen LogP contribution in [0, 0.1) is 5.92 Å². The molecule has 1 aromatic rings. The van der Waals surface area contributed by atoms with Crippen molar-refractivity contribution in [2.45, 2.75) is 47.8 Å². The second-order valence-electron chi connectivity index (χ2n) is 6.80. The molecule has 0 saturated heterocycles. The number of hydrogen-bond donors (Lipinski definition) is 3. The molecule has 1 saturated carbocycles. The third kappa shape index (κ3) is 4.54. The molecular formula is C19H26N2O2S. The zero-order valence-electron chi connectivity index (χ0n) is 13.9. The molecule has 0 aliphatic heterocycles. The van der Waals surface area contributed by atoms with E-state index in [1.165, 1.54) is 17.7 Å². The van der Waals surface area contributed by atoms with E-state index in [2.05, 4.69) is 34.9 Å². The first-order valence-corrected chi connectivity index (χ1v) is 9.58. The van der Waals surface area contributed by atoms with Crippen molar-refractivity contribution in [2.24, 2.45) is 5.92 Å². The van der Waals surface area contributed by atoms with Crippen molar-refractivity contribution in [3.8, 4) is 0 Å². The van der Waals surface area contributed by atoms with Crippen molar-refractivity contribution in [1.82, 2.24) is 10.6 Å². The molecule has 0 spiro atoms. The van der Waals surface area contributed by atoms with Crippen LogP contribution < -0.4 is 10.6 Å². The maximum absolute atomic E-state index is 12.2. The van der Waals surface area contributed by atoms with Crippen LogP contribution in [0.15, 0.2) is 47.4 Å². The highest BCUT2D eigenvalue weighted by molar-refractivity contribution is 8.00. The Bertz CT molecular complexity index is 570. The summed E-state index contributed by atoms with van der Waals surface area (Å²) in [5.41, 5.74) is 0. The Balaban J connectivity index is 1.51. The molecule has 24 heavy (non-hydrogen) atoms. The summed E-state index contributed by atoms with van der Waals surface area (Å²) < 4.78 is 0.109. The predicted octanol–water partition coefficient (Wildman–Crippen LogP) is 3.33. The quantitative estimate of drug-likeness (QED) is 0.693. The molecule has 1 fully saturated rings. The Morgan fingerprint density at radius 2 is 1.96 bits per heavy atom. The van der Waals surface area contributed by atoms with E-state index in [-0.39, 0.29) is 29.3 Å². The highest BCUT2D eigenvalue weighted by Crippen LogP contribution is 2.44. The number of thioether (sulfide) groups is 1. The summed E-state index contributed by atoms with van der Waals surface area (Å²) in [6.07, 6.45) is 9.48. The molecule has 5 heteroatoms. The summed E-state index contributed by atoms with van der Waals surface area (Å²) in [6, 6.07) is 10.4. The molecule has 2 amide bonds. The number of urea groups is 1. The third-order valence-corrected chi connectivity index (χ3v) is 6.38. The predicted molar refractivity (Wildman–Crippen MR) is 98.2 cm³/mol. The highest BCUT2D eigenvalue weighted by Gasteiger charge is 2.35. The topological polar surface area (TPSA) is 61.4 Å². The van der Waals surface area contributed by atoms with Crippen molar-refractivity contribution < 1.29 is 9.90 Å². The summed E-state index contributed by atoms with van der Waals surface area (Å²) in [5.74, 6) is 0.171. The van der Waals surface area contributed by atoms with E-state index in [1.54, 1.807) is 0 Å². The number of hydrogen-bond acceptors (Lipinski definition) is 3. The van der Waals surface area contributed by atoms with Crippen LogP contribution in [0.4, 0.5) is 4.79 Å². The molecule has 0 radical (unpaired) electrons. The second kappa shape index (κ2) is 8.08. The van der Waals surface area contributed by atoms with Gasteiger partial charge in [-0.15, -0.1) is 11.8 Å². The number of nitrogens with one attached hydrogen (secondary N) is 2. The van der Waals surface area contributed by atoms with Crippen LogP contribution in [-0.4, -0.2) is 35.1 Å². The lowest BCUT2D eigenvalue weighted by molar-refractivity contribution is 0.230. The Kier molecular flexibility index (Phi) is 5.85. The number of aliphatic hydroxyl groups excluding tert-OH is 1. The van der Waals surface area contributed by atoms with Crippen LogP contribution in [0.1, 0.15) is 32.1 Å². The average Bonchev–Trinajstić information content (AvgIpc) is 3.24. The van der Waals surface area contributed by atoms with E-state index >= 15 is 0 Å². The summed E-state index contributed by atoms with van der Waals surface area (Å²) in [4.78, 5) is 13.5. The lowest BCUT2D eigenvalue weighted by Gasteiger charge is -2.29. The standard InChI is InChI=1S/C19H26N2O2S/c22-13-15-8-9-16(12-15)21-18(23)20-14-19(10-4-5-11-19)24-17-6-2-1-3-7-17/h1-3,6-9,15-16,22H,4-5,10-14H2,(H2,20,21,23)/t15-,16+/m0/s1. The monoisotopic (exact) mass is 346 g/mol. The van der Waals surface area contributed by atoms with Gasteiger partial charge in [-0.2, -0.15) is 0 Å². The molecular weight excluding hydrogens is 320 g/mol. The van der Waals surface area contributed by atoms with E-state index in [0.717, 1.165) is 19.3 Å². The van der Waals surface area contributed by atoms with E-state index in [0.29, 0.717) is 6.54 Å². The molecule has 2 aliphatic carbocycles. The summed E-state index contributed by atoms with van der Waals surface area (Å²) in [7, 11) is 0. The van der Waals surface area contributed by atoms with E-state index in [1.807, 2.05) is 30.0 Å². The Morgan fingerprint density at radius 1 is 1.21 bits per heavy atom. The van der Waals surface area contributed by atoms with Gasteiger partial charge in [-0.25, -0.2) is 4.79 Å². The molecule has 130 valence electrons. The normalized spacial score (nSPS) is 24.9. The summed E-state index contributed by atoms with van der Waals surface area (Å²) in [6.45, 7) is 0.839. The first-order valence-electron chi connectivity index (χ1n) is 8.77. The van der Waals surface area contributed by atoms with Gasteiger partial charge in [0.25, 0.3) is 0 Å².